The minimum atomic E-state index is -1.53. The monoisotopic (exact) mass is 390 g/mol. The fraction of sp³-hybridized carbons (Fsp3) is 0.895. The first-order valence-corrected chi connectivity index (χ1v) is 9.50. The maximum Gasteiger partial charge on any atom is 0.187 e. The van der Waals surface area contributed by atoms with E-state index in [0.29, 0.717) is 6.42 Å². The average Bonchev–Trinajstić information content (AvgIpc) is 2.57. The Kier molecular flexibility index (Phi) is 7.43. The Morgan fingerprint density at radius 3 is 2.33 bits per heavy atom. The predicted molar refractivity (Wildman–Crippen MR) is 96.5 cm³/mol. The molecule has 158 valence electrons. The van der Waals surface area contributed by atoms with Gasteiger partial charge in [0.25, 0.3) is 0 Å². The lowest BCUT2D eigenvalue weighted by atomic mass is 9.62. The lowest BCUT2D eigenvalue weighted by molar-refractivity contribution is -0.326. The summed E-state index contributed by atoms with van der Waals surface area (Å²) in [5, 5.41) is 59.5. The van der Waals surface area contributed by atoms with Crippen molar-refractivity contribution in [1.82, 2.24) is 0 Å². The van der Waals surface area contributed by atoms with Gasteiger partial charge in [0.15, 0.2) is 6.29 Å². The Balaban J connectivity index is 2.18. The van der Waals surface area contributed by atoms with Gasteiger partial charge >= 0.3 is 0 Å². The molecule has 2 fully saturated rings. The van der Waals surface area contributed by atoms with Crippen LogP contribution in [-0.2, 0) is 9.47 Å². The van der Waals surface area contributed by atoms with Gasteiger partial charge < -0.3 is 40.1 Å². The Morgan fingerprint density at radius 1 is 1.15 bits per heavy atom. The van der Waals surface area contributed by atoms with E-state index >= 15 is 0 Å². The minimum Gasteiger partial charge on any atom is -0.394 e. The number of rotatable bonds is 5. The molecule has 10 unspecified atom stereocenters. The third-order valence-electron chi connectivity index (χ3n) is 5.84. The zero-order chi connectivity index (χ0) is 20.5. The van der Waals surface area contributed by atoms with Crippen LogP contribution in [0.2, 0.25) is 0 Å². The number of hydrogen-bond acceptors (Lipinski definition) is 8. The minimum absolute atomic E-state index is 0.00890. The molecule has 0 amide bonds. The molecule has 8 nitrogen and oxygen atoms in total. The fourth-order valence-corrected chi connectivity index (χ4v) is 4.32. The van der Waals surface area contributed by atoms with Gasteiger partial charge in [-0.2, -0.15) is 0 Å². The molecule has 1 saturated carbocycles. The standard InChI is InChI=1S/C19H34O8/c1-9(21)5-6-11-10(2)17(12(22)7-19(11,3)4)27-18-16(25)15(24)14(23)13(8-20)26-18/h5-6,9-18,20-25H,7-8H2,1-4H3. The molecule has 1 saturated heterocycles. The van der Waals surface area contributed by atoms with E-state index in [1.165, 1.54) is 0 Å². The number of ether oxygens (including phenoxy) is 2. The molecule has 27 heavy (non-hydrogen) atoms. The summed E-state index contributed by atoms with van der Waals surface area (Å²) in [5.74, 6) is -0.184. The van der Waals surface area contributed by atoms with E-state index in [4.69, 9.17) is 9.47 Å². The van der Waals surface area contributed by atoms with Crippen LogP contribution in [-0.4, -0.2) is 86.3 Å². The fourth-order valence-electron chi connectivity index (χ4n) is 4.32. The van der Waals surface area contributed by atoms with Gasteiger partial charge in [0.1, 0.15) is 24.4 Å². The topological polar surface area (TPSA) is 140 Å². The van der Waals surface area contributed by atoms with Gasteiger partial charge in [-0.3, -0.25) is 0 Å². The van der Waals surface area contributed by atoms with Crippen molar-refractivity contribution in [2.45, 2.75) is 83.1 Å². The average molecular weight is 390 g/mol. The van der Waals surface area contributed by atoms with Crippen molar-refractivity contribution in [3.63, 3.8) is 0 Å². The molecule has 2 aliphatic rings. The third-order valence-corrected chi connectivity index (χ3v) is 5.84. The van der Waals surface area contributed by atoms with Gasteiger partial charge in [-0.15, -0.1) is 0 Å². The Hall–Kier alpha value is -0.580. The van der Waals surface area contributed by atoms with Crippen molar-refractivity contribution < 1.29 is 40.1 Å². The van der Waals surface area contributed by atoms with Gasteiger partial charge in [-0.05, 0) is 30.6 Å². The summed E-state index contributed by atoms with van der Waals surface area (Å²) >= 11 is 0. The summed E-state index contributed by atoms with van der Waals surface area (Å²) in [6, 6.07) is 0. The molecule has 0 bridgehead atoms. The van der Waals surface area contributed by atoms with Crippen LogP contribution in [0.4, 0.5) is 0 Å². The normalized spacial score (nSPS) is 46.5. The molecule has 1 heterocycles. The zero-order valence-electron chi connectivity index (χ0n) is 16.3. The van der Waals surface area contributed by atoms with Crippen molar-refractivity contribution in [3.05, 3.63) is 12.2 Å². The smallest absolute Gasteiger partial charge is 0.187 e. The van der Waals surface area contributed by atoms with Crippen LogP contribution in [0.5, 0.6) is 0 Å². The Morgan fingerprint density at radius 2 is 1.78 bits per heavy atom. The molecule has 6 N–H and O–H groups in total. The summed E-state index contributed by atoms with van der Waals surface area (Å²) in [4.78, 5) is 0. The molecular formula is C19H34O8. The molecular weight excluding hydrogens is 356 g/mol. The molecule has 2 rings (SSSR count). The first-order chi connectivity index (χ1) is 12.5. The molecule has 10 atom stereocenters. The van der Waals surface area contributed by atoms with Gasteiger partial charge in [0.05, 0.1) is 24.9 Å². The molecule has 1 aliphatic carbocycles. The SMILES string of the molecule is CC(O)C=CC1C(C)C(OC2OC(CO)C(O)C(O)C2O)C(O)CC1(C)C. The second-order valence-corrected chi connectivity index (χ2v) is 8.57. The number of allylic oxidation sites excluding steroid dienone is 1. The van der Waals surface area contributed by atoms with E-state index in [2.05, 4.69) is 0 Å². The van der Waals surface area contributed by atoms with Crippen LogP contribution in [0, 0.1) is 17.3 Å². The lowest BCUT2D eigenvalue weighted by Crippen LogP contribution is -2.61. The van der Waals surface area contributed by atoms with E-state index in [0.717, 1.165) is 0 Å². The second kappa shape index (κ2) is 8.84. The van der Waals surface area contributed by atoms with Crippen LogP contribution in [0.1, 0.15) is 34.1 Å². The largest absolute Gasteiger partial charge is 0.394 e. The predicted octanol–water partition coefficient (Wildman–Crippen LogP) is -0.848. The highest BCUT2D eigenvalue weighted by Crippen LogP contribution is 2.46. The summed E-state index contributed by atoms with van der Waals surface area (Å²) in [5.41, 5.74) is -0.237. The van der Waals surface area contributed by atoms with E-state index in [1.807, 2.05) is 26.8 Å². The van der Waals surface area contributed by atoms with Crippen LogP contribution in [0.3, 0.4) is 0 Å². The molecule has 0 aromatic carbocycles. The van der Waals surface area contributed by atoms with Crippen LogP contribution >= 0.6 is 0 Å². The summed E-state index contributed by atoms with van der Waals surface area (Å²) in [6.45, 7) is 7.10. The van der Waals surface area contributed by atoms with E-state index in [1.54, 1.807) is 13.0 Å². The molecule has 0 aromatic rings. The molecule has 0 radical (unpaired) electrons. The Labute approximate surface area is 160 Å². The van der Waals surface area contributed by atoms with Crippen molar-refractivity contribution >= 4 is 0 Å². The summed E-state index contributed by atoms with van der Waals surface area (Å²) in [6.07, 6.45) is -4.89. The highest BCUT2D eigenvalue weighted by atomic mass is 16.7. The highest BCUT2D eigenvalue weighted by molar-refractivity contribution is 5.06. The molecule has 0 spiro atoms. The maximum atomic E-state index is 10.6. The number of hydrogen-bond donors (Lipinski definition) is 6. The van der Waals surface area contributed by atoms with Crippen molar-refractivity contribution in [3.8, 4) is 0 Å². The van der Waals surface area contributed by atoms with Crippen molar-refractivity contribution in [2.24, 2.45) is 17.3 Å². The zero-order valence-corrected chi connectivity index (χ0v) is 16.3. The molecule has 8 heteroatoms. The van der Waals surface area contributed by atoms with Crippen LogP contribution < -0.4 is 0 Å². The van der Waals surface area contributed by atoms with E-state index < -0.39 is 55.6 Å². The van der Waals surface area contributed by atoms with Gasteiger partial charge in [0, 0.05) is 0 Å². The third kappa shape index (κ3) is 4.89. The van der Waals surface area contributed by atoms with Gasteiger partial charge in [-0.25, -0.2) is 0 Å². The number of aliphatic hydroxyl groups excluding tert-OH is 6. The number of aliphatic hydroxyl groups is 6. The first-order valence-electron chi connectivity index (χ1n) is 9.50. The van der Waals surface area contributed by atoms with Gasteiger partial charge in [0.2, 0.25) is 0 Å². The van der Waals surface area contributed by atoms with Crippen molar-refractivity contribution in [1.29, 1.82) is 0 Å². The Bertz CT molecular complexity index is 506. The van der Waals surface area contributed by atoms with Gasteiger partial charge in [-0.1, -0.05) is 32.9 Å². The maximum absolute atomic E-state index is 10.6. The summed E-state index contributed by atoms with van der Waals surface area (Å²) in [7, 11) is 0. The van der Waals surface area contributed by atoms with Crippen molar-refractivity contribution in [2.75, 3.05) is 6.61 Å². The molecule has 1 aliphatic heterocycles. The second-order valence-electron chi connectivity index (χ2n) is 8.57. The highest BCUT2D eigenvalue weighted by Gasteiger charge is 2.50. The van der Waals surface area contributed by atoms with E-state index in [9.17, 15) is 30.6 Å². The lowest BCUT2D eigenvalue weighted by Gasteiger charge is -2.50. The van der Waals surface area contributed by atoms with E-state index in [-0.39, 0.29) is 17.3 Å². The first kappa shape index (κ1) is 22.7. The van der Waals surface area contributed by atoms with Crippen LogP contribution in [0.15, 0.2) is 12.2 Å². The quantitative estimate of drug-likeness (QED) is 0.334. The summed E-state index contributed by atoms with van der Waals surface area (Å²) < 4.78 is 11.3. The molecule has 0 aromatic heterocycles. The van der Waals surface area contributed by atoms with Crippen LogP contribution in [0.25, 0.3) is 0 Å².